The van der Waals surface area contributed by atoms with Gasteiger partial charge in [0.2, 0.25) is 0 Å². The van der Waals surface area contributed by atoms with Crippen molar-refractivity contribution in [1.29, 1.82) is 0 Å². The third kappa shape index (κ3) is 6.89. The van der Waals surface area contributed by atoms with E-state index in [4.69, 9.17) is 12.2 Å². The van der Waals surface area contributed by atoms with Crippen LogP contribution < -0.4 is 15.5 Å². The first kappa shape index (κ1) is 20.0. The summed E-state index contributed by atoms with van der Waals surface area (Å²) in [5, 5.41) is 6.81. The molecule has 138 valence electrons. The number of anilines is 1. The third-order valence-electron chi connectivity index (χ3n) is 2.84. The highest BCUT2D eigenvalue weighted by Gasteiger charge is 2.07. The fourth-order valence-corrected chi connectivity index (χ4v) is 2.50. The molecular weight excluding hydrogens is 390 g/mol. The van der Waals surface area contributed by atoms with Gasteiger partial charge in [-0.15, -0.1) is 0 Å². The van der Waals surface area contributed by atoms with Gasteiger partial charge in [0.05, 0.1) is 6.21 Å². The molecule has 0 bridgehead atoms. The van der Waals surface area contributed by atoms with Crippen molar-refractivity contribution in [3.05, 3.63) is 54.1 Å². The molecular formula is C16H13F4N3OS2. The van der Waals surface area contributed by atoms with Gasteiger partial charge >= 0.3 is 6.61 Å². The number of nitrogens with zero attached hydrogens (tertiary/aromatic N) is 1. The van der Waals surface area contributed by atoms with E-state index in [1.807, 2.05) is 0 Å². The maximum absolute atomic E-state index is 12.3. The van der Waals surface area contributed by atoms with Crippen molar-refractivity contribution in [2.45, 2.75) is 17.3 Å². The quantitative estimate of drug-likeness (QED) is 0.226. The maximum Gasteiger partial charge on any atom is 0.387 e. The monoisotopic (exact) mass is 403 g/mol. The molecule has 0 saturated carbocycles. The average Bonchev–Trinajstić information content (AvgIpc) is 2.57. The molecule has 0 spiro atoms. The Hall–Kier alpha value is -2.33. The molecule has 2 rings (SSSR count). The molecule has 0 amide bonds. The lowest BCUT2D eigenvalue weighted by atomic mass is 10.2. The number of nitrogens with one attached hydrogen (secondary N) is 2. The summed E-state index contributed by atoms with van der Waals surface area (Å²) >= 11 is 5.49. The van der Waals surface area contributed by atoms with Crippen LogP contribution in [0.4, 0.5) is 23.2 Å². The fraction of sp³-hybridized carbons (Fsp3) is 0.125. The second-order valence-corrected chi connectivity index (χ2v) is 6.12. The number of hydrogen-bond acceptors (Lipinski definition) is 4. The van der Waals surface area contributed by atoms with Gasteiger partial charge in [-0.25, -0.2) is 0 Å². The second-order valence-electron chi connectivity index (χ2n) is 4.64. The number of thioether (sulfide) groups is 1. The summed E-state index contributed by atoms with van der Waals surface area (Å²) < 4.78 is 53.6. The van der Waals surface area contributed by atoms with Crippen LogP contribution in [0.5, 0.6) is 5.75 Å². The largest absolute Gasteiger partial charge is 0.434 e. The zero-order valence-electron chi connectivity index (χ0n) is 13.0. The predicted molar refractivity (Wildman–Crippen MR) is 98.3 cm³/mol. The molecule has 0 saturated heterocycles. The maximum atomic E-state index is 12.3. The van der Waals surface area contributed by atoms with Crippen molar-refractivity contribution >= 4 is 41.0 Å². The number of rotatable bonds is 7. The first-order chi connectivity index (χ1) is 12.4. The van der Waals surface area contributed by atoms with Crippen LogP contribution in [0.3, 0.4) is 0 Å². The Morgan fingerprint density at radius 1 is 1.08 bits per heavy atom. The van der Waals surface area contributed by atoms with Gasteiger partial charge in [-0.3, -0.25) is 5.43 Å². The van der Waals surface area contributed by atoms with E-state index in [0.29, 0.717) is 27.9 Å². The number of benzene rings is 2. The number of halogens is 4. The normalized spacial score (nSPS) is 11.2. The van der Waals surface area contributed by atoms with Crippen LogP contribution in [0.15, 0.2) is 58.5 Å². The molecule has 0 unspecified atom stereocenters. The third-order valence-corrected chi connectivity index (χ3v) is 3.76. The summed E-state index contributed by atoms with van der Waals surface area (Å²) in [6, 6.07) is 12.4. The van der Waals surface area contributed by atoms with Crippen molar-refractivity contribution in [1.82, 2.24) is 5.43 Å². The van der Waals surface area contributed by atoms with Gasteiger partial charge < -0.3 is 10.1 Å². The Labute approximate surface area is 156 Å². The van der Waals surface area contributed by atoms with Crippen LogP contribution >= 0.6 is 24.0 Å². The first-order valence-electron chi connectivity index (χ1n) is 7.13. The highest BCUT2D eigenvalue weighted by molar-refractivity contribution is 7.99. The van der Waals surface area contributed by atoms with Gasteiger partial charge in [-0.1, -0.05) is 23.9 Å². The topological polar surface area (TPSA) is 45.6 Å². The van der Waals surface area contributed by atoms with Gasteiger partial charge in [0.25, 0.3) is 5.76 Å². The molecule has 2 aromatic carbocycles. The SMILES string of the molecule is FC(F)Oc1ccccc1/C=N\NC(=S)Nc1ccc(SC(F)F)cc1. The van der Waals surface area contributed by atoms with Crippen molar-refractivity contribution in [2.24, 2.45) is 5.10 Å². The van der Waals surface area contributed by atoms with E-state index in [2.05, 4.69) is 20.6 Å². The number of hydrogen-bond donors (Lipinski definition) is 2. The Morgan fingerprint density at radius 3 is 2.42 bits per heavy atom. The standard InChI is InChI=1S/C16H13F4N3OS2/c17-14(18)24-13-4-2-1-3-10(13)9-21-23-16(25)22-11-5-7-12(8-6-11)26-15(19)20/h1-9,14-15H,(H2,22,23,25)/b21-9-. The van der Waals surface area contributed by atoms with Crippen LogP contribution in [-0.4, -0.2) is 23.7 Å². The van der Waals surface area contributed by atoms with E-state index in [9.17, 15) is 17.6 Å². The number of thiocarbonyl (C=S) groups is 1. The zero-order chi connectivity index (χ0) is 18.9. The molecule has 0 fully saturated rings. The fourth-order valence-electron chi connectivity index (χ4n) is 1.83. The highest BCUT2D eigenvalue weighted by atomic mass is 32.2. The predicted octanol–water partition coefficient (Wildman–Crippen LogP) is 4.92. The minimum Gasteiger partial charge on any atom is -0.434 e. The van der Waals surface area contributed by atoms with E-state index in [-0.39, 0.29) is 10.9 Å². The molecule has 0 aliphatic carbocycles. The smallest absolute Gasteiger partial charge is 0.387 e. The van der Waals surface area contributed by atoms with Gasteiger partial charge in [0, 0.05) is 16.1 Å². The highest BCUT2D eigenvalue weighted by Crippen LogP contribution is 2.26. The summed E-state index contributed by atoms with van der Waals surface area (Å²) in [6.07, 6.45) is 1.29. The number of alkyl halides is 4. The number of ether oxygens (including phenoxy) is 1. The average molecular weight is 403 g/mol. The van der Waals surface area contributed by atoms with Crippen LogP contribution in [0.25, 0.3) is 0 Å². The van der Waals surface area contributed by atoms with Crippen molar-refractivity contribution in [3.63, 3.8) is 0 Å². The van der Waals surface area contributed by atoms with Gasteiger partial charge in [0.1, 0.15) is 5.75 Å². The molecule has 4 nitrogen and oxygen atoms in total. The molecule has 0 heterocycles. The van der Waals surface area contributed by atoms with Gasteiger partial charge in [0.15, 0.2) is 5.11 Å². The number of hydrazone groups is 1. The van der Waals surface area contributed by atoms with E-state index in [1.165, 1.54) is 24.4 Å². The molecule has 0 radical (unpaired) electrons. The van der Waals surface area contributed by atoms with E-state index in [1.54, 1.807) is 30.3 Å². The summed E-state index contributed by atoms with van der Waals surface area (Å²) in [6.45, 7) is -2.94. The summed E-state index contributed by atoms with van der Waals surface area (Å²) in [4.78, 5) is 0.429. The van der Waals surface area contributed by atoms with Crippen LogP contribution in [-0.2, 0) is 0 Å². The Bertz CT molecular complexity index is 757. The lowest BCUT2D eigenvalue weighted by Crippen LogP contribution is -2.23. The van der Waals surface area contributed by atoms with Gasteiger partial charge in [-0.05, 0) is 48.6 Å². The zero-order valence-corrected chi connectivity index (χ0v) is 14.7. The van der Waals surface area contributed by atoms with E-state index < -0.39 is 12.4 Å². The molecule has 0 aromatic heterocycles. The minimum absolute atomic E-state index is 0.0148. The molecule has 10 heteroatoms. The van der Waals surface area contributed by atoms with Crippen LogP contribution in [0, 0.1) is 0 Å². The molecule has 26 heavy (non-hydrogen) atoms. The van der Waals surface area contributed by atoms with Crippen molar-refractivity contribution in [3.8, 4) is 5.75 Å². The molecule has 2 N–H and O–H groups in total. The summed E-state index contributed by atoms with van der Waals surface area (Å²) in [5.41, 5.74) is 3.45. The number of para-hydroxylation sites is 1. The molecule has 2 aromatic rings. The lowest BCUT2D eigenvalue weighted by Gasteiger charge is -2.09. The molecule has 0 aliphatic rings. The second kappa shape index (κ2) is 9.97. The summed E-state index contributed by atoms with van der Waals surface area (Å²) in [7, 11) is 0. The van der Waals surface area contributed by atoms with E-state index >= 15 is 0 Å². The van der Waals surface area contributed by atoms with Crippen LogP contribution in [0.2, 0.25) is 0 Å². The van der Waals surface area contributed by atoms with E-state index in [0.717, 1.165) is 0 Å². The Kier molecular flexibility index (Phi) is 7.67. The van der Waals surface area contributed by atoms with Crippen molar-refractivity contribution < 1.29 is 22.3 Å². The Balaban J connectivity index is 1.89. The first-order valence-corrected chi connectivity index (χ1v) is 8.41. The van der Waals surface area contributed by atoms with Gasteiger partial charge in [-0.2, -0.15) is 22.7 Å². The van der Waals surface area contributed by atoms with Crippen LogP contribution in [0.1, 0.15) is 5.56 Å². The summed E-state index contributed by atoms with van der Waals surface area (Å²) in [5.74, 6) is -2.50. The molecule has 0 atom stereocenters. The molecule has 0 aliphatic heterocycles. The Morgan fingerprint density at radius 2 is 1.77 bits per heavy atom. The lowest BCUT2D eigenvalue weighted by molar-refractivity contribution is -0.0499. The van der Waals surface area contributed by atoms with Crippen molar-refractivity contribution in [2.75, 3.05) is 5.32 Å². The minimum atomic E-state index is -2.94.